The van der Waals surface area contributed by atoms with Gasteiger partial charge in [-0.3, -0.25) is 9.59 Å². The molecule has 0 aromatic rings. The molecule has 0 aromatic heterocycles. The molecule has 0 aliphatic carbocycles. The first kappa shape index (κ1) is 22.6. The molecule has 0 radical (unpaired) electrons. The van der Waals surface area contributed by atoms with Crippen molar-refractivity contribution < 1.29 is 19.1 Å². The van der Waals surface area contributed by atoms with Gasteiger partial charge in [0.15, 0.2) is 0 Å². The van der Waals surface area contributed by atoms with E-state index in [0.717, 1.165) is 5.57 Å². The summed E-state index contributed by atoms with van der Waals surface area (Å²) in [6.07, 6.45) is 2.65. The van der Waals surface area contributed by atoms with Crippen LogP contribution in [0.15, 0.2) is 11.6 Å². The van der Waals surface area contributed by atoms with E-state index < -0.39 is 11.6 Å². The quantitative estimate of drug-likeness (QED) is 0.540. The number of carbonyl (C=O) groups excluding carboxylic acids is 2. The second-order valence-corrected chi connectivity index (χ2v) is 8.03. The van der Waals surface area contributed by atoms with Gasteiger partial charge in [-0.15, -0.1) is 0 Å². The minimum atomic E-state index is -0.588. The number of ether oxygens (including phenoxy) is 2. The van der Waals surface area contributed by atoms with Crippen LogP contribution < -0.4 is 5.73 Å². The summed E-state index contributed by atoms with van der Waals surface area (Å²) in [7, 11) is 0. The lowest BCUT2D eigenvalue weighted by Crippen LogP contribution is -2.37. The highest BCUT2D eigenvalue weighted by Crippen LogP contribution is 2.18. The van der Waals surface area contributed by atoms with E-state index in [9.17, 15) is 9.59 Å². The van der Waals surface area contributed by atoms with Crippen molar-refractivity contribution in [2.24, 2.45) is 23.5 Å². The molecule has 0 bridgehead atoms. The molecule has 24 heavy (non-hydrogen) atoms. The Morgan fingerprint density at radius 2 is 1.62 bits per heavy atom. The highest BCUT2D eigenvalue weighted by Gasteiger charge is 2.22. The summed E-state index contributed by atoms with van der Waals surface area (Å²) < 4.78 is 10.6. The first-order chi connectivity index (χ1) is 10.8. The van der Waals surface area contributed by atoms with E-state index in [0.29, 0.717) is 6.42 Å². The van der Waals surface area contributed by atoms with Crippen LogP contribution in [0, 0.1) is 17.8 Å². The Bertz CT molecular complexity index is 449. The van der Waals surface area contributed by atoms with Gasteiger partial charge >= 0.3 is 11.9 Å². The van der Waals surface area contributed by atoms with Gasteiger partial charge in [0.25, 0.3) is 0 Å². The summed E-state index contributed by atoms with van der Waals surface area (Å²) in [5.41, 5.74) is 6.36. The molecule has 0 saturated carbocycles. The Morgan fingerprint density at radius 3 is 2.08 bits per heavy atom. The SMILES string of the molecule is C/C(=C\[C@H](C)COC(=O)[C@@H](N)C(C)C)C[C@H](C)C(=O)OC(C)(C)C. The van der Waals surface area contributed by atoms with Gasteiger partial charge in [0.1, 0.15) is 11.6 Å². The number of hydrogen-bond acceptors (Lipinski definition) is 5. The van der Waals surface area contributed by atoms with E-state index in [4.69, 9.17) is 15.2 Å². The van der Waals surface area contributed by atoms with Gasteiger partial charge in [0, 0.05) is 5.92 Å². The third-order valence-electron chi connectivity index (χ3n) is 3.49. The van der Waals surface area contributed by atoms with Crippen LogP contribution >= 0.6 is 0 Å². The fourth-order valence-electron chi connectivity index (χ4n) is 2.15. The zero-order valence-electron chi connectivity index (χ0n) is 16.5. The zero-order valence-corrected chi connectivity index (χ0v) is 16.5. The Hall–Kier alpha value is -1.36. The molecule has 0 saturated heterocycles. The molecule has 5 heteroatoms. The van der Waals surface area contributed by atoms with Crippen LogP contribution in [0.25, 0.3) is 0 Å². The molecule has 0 aromatic carbocycles. The number of allylic oxidation sites excluding steroid dienone is 1. The zero-order chi connectivity index (χ0) is 19.1. The van der Waals surface area contributed by atoms with Gasteiger partial charge in [0.2, 0.25) is 0 Å². The van der Waals surface area contributed by atoms with Gasteiger partial charge in [0.05, 0.1) is 12.5 Å². The third kappa shape index (κ3) is 9.71. The van der Waals surface area contributed by atoms with Crippen LogP contribution in [0.2, 0.25) is 0 Å². The topological polar surface area (TPSA) is 78.6 Å². The molecular formula is C19H35NO4. The van der Waals surface area contributed by atoms with Gasteiger partial charge in [-0.2, -0.15) is 0 Å². The van der Waals surface area contributed by atoms with Crippen molar-refractivity contribution in [3.05, 3.63) is 11.6 Å². The van der Waals surface area contributed by atoms with E-state index in [2.05, 4.69) is 0 Å². The minimum absolute atomic E-state index is 0.0553. The molecule has 0 heterocycles. The number of rotatable bonds is 8. The molecule has 0 aliphatic rings. The lowest BCUT2D eigenvalue weighted by atomic mass is 9.99. The van der Waals surface area contributed by atoms with Crippen LogP contribution in [0.3, 0.4) is 0 Å². The van der Waals surface area contributed by atoms with Crippen molar-refractivity contribution >= 4 is 11.9 Å². The molecule has 0 amide bonds. The van der Waals surface area contributed by atoms with E-state index in [1.54, 1.807) is 0 Å². The minimum Gasteiger partial charge on any atom is -0.464 e. The standard InChI is InChI=1S/C19H35NO4/c1-12(2)16(20)18(22)23-11-14(4)9-13(3)10-15(5)17(21)24-19(6,7)8/h9,12,14-16H,10-11,20H2,1-8H3/b13-9+/t14-,15-,16-/m0/s1. The largest absolute Gasteiger partial charge is 0.464 e. The molecular weight excluding hydrogens is 306 g/mol. The number of nitrogens with two attached hydrogens (primary N) is 1. The lowest BCUT2D eigenvalue weighted by molar-refractivity contribution is -0.159. The van der Waals surface area contributed by atoms with Crippen molar-refractivity contribution in [1.29, 1.82) is 0 Å². The summed E-state index contributed by atoms with van der Waals surface area (Å²) in [5.74, 6) is -0.647. The number of carbonyl (C=O) groups is 2. The van der Waals surface area contributed by atoms with Crippen LogP contribution in [-0.4, -0.2) is 30.2 Å². The Balaban J connectivity index is 4.42. The second kappa shape index (κ2) is 9.82. The van der Waals surface area contributed by atoms with E-state index in [1.165, 1.54) is 0 Å². The van der Waals surface area contributed by atoms with Crippen molar-refractivity contribution in [3.63, 3.8) is 0 Å². The lowest BCUT2D eigenvalue weighted by Gasteiger charge is -2.22. The molecule has 5 nitrogen and oxygen atoms in total. The van der Waals surface area contributed by atoms with Crippen LogP contribution in [0.5, 0.6) is 0 Å². The van der Waals surface area contributed by atoms with Crippen molar-refractivity contribution in [2.45, 2.75) is 73.5 Å². The second-order valence-electron chi connectivity index (χ2n) is 8.03. The average Bonchev–Trinajstić information content (AvgIpc) is 2.41. The van der Waals surface area contributed by atoms with Crippen LogP contribution in [0.1, 0.15) is 61.8 Å². The maximum absolute atomic E-state index is 12.0. The molecule has 0 spiro atoms. The summed E-state index contributed by atoms with van der Waals surface area (Å²) in [6.45, 7) is 15.4. The Kier molecular flexibility index (Phi) is 9.26. The van der Waals surface area contributed by atoms with Gasteiger partial charge in [-0.25, -0.2) is 0 Å². The first-order valence-corrected chi connectivity index (χ1v) is 8.65. The van der Waals surface area contributed by atoms with Crippen molar-refractivity contribution in [1.82, 2.24) is 0 Å². The third-order valence-corrected chi connectivity index (χ3v) is 3.49. The normalized spacial score (nSPS) is 16.5. The van der Waals surface area contributed by atoms with Gasteiger partial charge in [-0.05, 0) is 40.0 Å². The van der Waals surface area contributed by atoms with Crippen LogP contribution in [-0.2, 0) is 19.1 Å². The maximum atomic E-state index is 12.0. The van der Waals surface area contributed by atoms with Gasteiger partial charge in [-0.1, -0.05) is 39.3 Å². The van der Waals surface area contributed by atoms with Crippen LogP contribution in [0.4, 0.5) is 0 Å². The van der Waals surface area contributed by atoms with Gasteiger partial charge < -0.3 is 15.2 Å². The smallest absolute Gasteiger partial charge is 0.323 e. The Labute approximate surface area is 147 Å². The molecule has 0 unspecified atom stereocenters. The molecule has 3 atom stereocenters. The summed E-state index contributed by atoms with van der Waals surface area (Å²) >= 11 is 0. The van der Waals surface area contributed by atoms with Crippen molar-refractivity contribution in [2.75, 3.05) is 6.61 Å². The molecule has 2 N–H and O–H groups in total. The Morgan fingerprint density at radius 1 is 1.08 bits per heavy atom. The molecule has 140 valence electrons. The first-order valence-electron chi connectivity index (χ1n) is 8.65. The average molecular weight is 341 g/mol. The summed E-state index contributed by atoms with van der Waals surface area (Å²) in [4.78, 5) is 23.7. The predicted octanol–water partition coefficient (Wildman–Crippen LogP) is 3.46. The van der Waals surface area contributed by atoms with E-state index in [-0.39, 0.29) is 36.3 Å². The fraction of sp³-hybridized carbons (Fsp3) is 0.789. The van der Waals surface area contributed by atoms with E-state index >= 15 is 0 Å². The van der Waals surface area contributed by atoms with Crippen molar-refractivity contribution in [3.8, 4) is 0 Å². The maximum Gasteiger partial charge on any atom is 0.323 e. The molecule has 0 aliphatic heterocycles. The predicted molar refractivity (Wildman–Crippen MR) is 96.3 cm³/mol. The monoisotopic (exact) mass is 341 g/mol. The van der Waals surface area contributed by atoms with E-state index in [1.807, 2.05) is 61.5 Å². The fourth-order valence-corrected chi connectivity index (χ4v) is 2.15. The summed E-state index contributed by atoms with van der Waals surface area (Å²) in [5, 5.41) is 0. The molecule has 0 rings (SSSR count). The number of esters is 2. The highest BCUT2D eigenvalue weighted by atomic mass is 16.6. The summed E-state index contributed by atoms with van der Waals surface area (Å²) in [6, 6.07) is -0.588. The number of hydrogen-bond donors (Lipinski definition) is 1. The highest BCUT2D eigenvalue weighted by molar-refractivity contribution is 5.75. The molecule has 0 fully saturated rings.